The summed E-state index contributed by atoms with van der Waals surface area (Å²) >= 11 is 0. The lowest BCUT2D eigenvalue weighted by atomic mass is 10.2. The van der Waals surface area contributed by atoms with E-state index in [1.165, 1.54) is 0 Å². The first kappa shape index (κ1) is 22.0. The second-order valence-electron chi connectivity index (χ2n) is 7.32. The molecule has 1 amide bonds. The number of ether oxygens (including phenoxy) is 2. The first-order valence-corrected chi connectivity index (χ1v) is 10.6. The van der Waals surface area contributed by atoms with Gasteiger partial charge >= 0.3 is 0 Å². The fraction of sp³-hybridized carbons (Fsp3) is 0.200. The van der Waals surface area contributed by atoms with Crippen LogP contribution in [0.4, 0.5) is 5.69 Å². The fourth-order valence-corrected chi connectivity index (χ4v) is 3.15. The van der Waals surface area contributed by atoms with Gasteiger partial charge in [0.25, 0.3) is 0 Å². The van der Waals surface area contributed by atoms with Crippen molar-refractivity contribution in [1.29, 1.82) is 0 Å². The summed E-state index contributed by atoms with van der Waals surface area (Å²) < 4.78 is 16.2. The van der Waals surface area contributed by atoms with E-state index in [9.17, 15) is 4.79 Å². The summed E-state index contributed by atoms with van der Waals surface area (Å²) in [7, 11) is 1.62. The van der Waals surface area contributed by atoms with Crippen LogP contribution in [0.5, 0.6) is 11.5 Å². The van der Waals surface area contributed by atoms with Crippen LogP contribution in [0.3, 0.4) is 0 Å². The number of anilines is 1. The van der Waals surface area contributed by atoms with E-state index in [0.29, 0.717) is 49.0 Å². The van der Waals surface area contributed by atoms with Crippen LogP contribution in [-0.2, 0) is 17.8 Å². The Kier molecular flexibility index (Phi) is 7.27. The van der Waals surface area contributed by atoms with Gasteiger partial charge in [0, 0.05) is 48.1 Å². The van der Waals surface area contributed by atoms with Crippen molar-refractivity contribution in [3.8, 4) is 22.9 Å². The van der Waals surface area contributed by atoms with E-state index >= 15 is 0 Å². The molecule has 8 nitrogen and oxygen atoms in total. The van der Waals surface area contributed by atoms with Crippen molar-refractivity contribution < 1.29 is 18.8 Å². The third kappa shape index (κ3) is 6.39. The van der Waals surface area contributed by atoms with Crippen LogP contribution in [0.1, 0.15) is 24.3 Å². The van der Waals surface area contributed by atoms with Gasteiger partial charge in [-0.1, -0.05) is 17.3 Å². The van der Waals surface area contributed by atoms with Gasteiger partial charge in [0.1, 0.15) is 18.1 Å². The van der Waals surface area contributed by atoms with Crippen molar-refractivity contribution in [2.75, 3.05) is 12.4 Å². The third-order valence-corrected chi connectivity index (χ3v) is 4.86. The molecule has 0 radical (unpaired) electrons. The molecule has 4 aromatic rings. The summed E-state index contributed by atoms with van der Waals surface area (Å²) in [5.74, 6) is 2.36. The maximum atomic E-state index is 12.3. The van der Waals surface area contributed by atoms with E-state index in [-0.39, 0.29) is 5.91 Å². The fourth-order valence-electron chi connectivity index (χ4n) is 3.15. The lowest BCUT2D eigenvalue weighted by molar-refractivity contribution is -0.116. The second-order valence-corrected chi connectivity index (χ2v) is 7.32. The van der Waals surface area contributed by atoms with Crippen molar-refractivity contribution in [2.45, 2.75) is 25.9 Å². The number of nitrogens with zero attached hydrogens (tertiary/aromatic N) is 3. The Hall–Kier alpha value is -4.20. The van der Waals surface area contributed by atoms with Gasteiger partial charge in [-0.15, -0.1) is 0 Å². The Labute approximate surface area is 191 Å². The highest BCUT2D eigenvalue weighted by Crippen LogP contribution is 2.21. The minimum Gasteiger partial charge on any atom is -0.497 e. The molecular weight excluding hydrogens is 420 g/mol. The van der Waals surface area contributed by atoms with Crippen molar-refractivity contribution in [1.82, 2.24) is 15.1 Å². The van der Waals surface area contributed by atoms with Crippen LogP contribution >= 0.6 is 0 Å². The second kappa shape index (κ2) is 10.9. The number of benzene rings is 2. The number of carbonyl (C=O) groups excluding carboxylic acids is 1. The summed E-state index contributed by atoms with van der Waals surface area (Å²) in [6, 6.07) is 18.6. The molecular formula is C25H24N4O4. The van der Waals surface area contributed by atoms with Gasteiger partial charge in [-0.3, -0.25) is 9.78 Å². The lowest BCUT2D eigenvalue weighted by Gasteiger charge is -2.09. The zero-order chi connectivity index (χ0) is 22.9. The topological polar surface area (TPSA) is 99.4 Å². The largest absolute Gasteiger partial charge is 0.497 e. The number of hydrogen-bond donors (Lipinski definition) is 1. The van der Waals surface area contributed by atoms with Gasteiger partial charge in [0.15, 0.2) is 0 Å². The molecule has 0 saturated heterocycles. The van der Waals surface area contributed by atoms with E-state index in [0.717, 1.165) is 16.9 Å². The molecule has 168 valence electrons. The number of methoxy groups -OCH3 is 1. The zero-order valence-electron chi connectivity index (χ0n) is 18.2. The number of amides is 1. The number of pyridine rings is 1. The van der Waals surface area contributed by atoms with E-state index in [1.54, 1.807) is 25.6 Å². The molecule has 2 aromatic heterocycles. The van der Waals surface area contributed by atoms with Crippen LogP contribution < -0.4 is 14.8 Å². The first-order valence-electron chi connectivity index (χ1n) is 10.6. The van der Waals surface area contributed by atoms with Gasteiger partial charge in [-0.25, -0.2) is 0 Å². The smallest absolute Gasteiger partial charge is 0.226 e. The average molecular weight is 444 g/mol. The minimum atomic E-state index is -0.0886. The first-order chi connectivity index (χ1) is 16.2. The molecule has 0 aliphatic heterocycles. The van der Waals surface area contributed by atoms with Gasteiger partial charge in [0.2, 0.25) is 17.6 Å². The van der Waals surface area contributed by atoms with Gasteiger partial charge in [-0.2, -0.15) is 4.98 Å². The Morgan fingerprint density at radius 2 is 1.94 bits per heavy atom. The normalized spacial score (nSPS) is 10.6. The monoisotopic (exact) mass is 444 g/mol. The Bertz CT molecular complexity index is 1180. The van der Waals surface area contributed by atoms with Crippen LogP contribution in [0, 0.1) is 0 Å². The number of aromatic nitrogens is 3. The third-order valence-electron chi connectivity index (χ3n) is 4.86. The number of hydrogen-bond acceptors (Lipinski definition) is 7. The predicted molar refractivity (Wildman–Crippen MR) is 123 cm³/mol. The standard InChI is InChI=1S/C25H24N4O4/c1-31-21-12-10-19(11-13-21)25-28-24(33-29-25)9-3-8-23(30)27-20-6-2-7-22(15-20)32-17-18-5-4-14-26-16-18/h2,4-7,10-16H,3,8-9,17H2,1H3,(H,27,30). The molecule has 0 fully saturated rings. The van der Waals surface area contributed by atoms with Crippen LogP contribution in [0.25, 0.3) is 11.4 Å². The molecule has 33 heavy (non-hydrogen) atoms. The van der Waals surface area contributed by atoms with E-state index in [2.05, 4.69) is 20.4 Å². The van der Waals surface area contributed by atoms with Crippen LogP contribution in [0.2, 0.25) is 0 Å². The number of carbonyl (C=O) groups is 1. The minimum absolute atomic E-state index is 0.0886. The molecule has 0 aliphatic carbocycles. The molecule has 4 rings (SSSR count). The van der Waals surface area contributed by atoms with E-state index in [4.69, 9.17) is 14.0 Å². The molecule has 0 spiro atoms. The summed E-state index contributed by atoms with van der Waals surface area (Å²) in [6.45, 7) is 0.411. The Morgan fingerprint density at radius 3 is 2.73 bits per heavy atom. The SMILES string of the molecule is COc1ccc(-c2noc(CCCC(=O)Nc3cccc(OCc4cccnc4)c3)n2)cc1. The predicted octanol–water partition coefficient (Wildman–Crippen LogP) is 4.68. The zero-order valence-corrected chi connectivity index (χ0v) is 18.2. The van der Waals surface area contributed by atoms with Crippen molar-refractivity contribution in [2.24, 2.45) is 0 Å². The van der Waals surface area contributed by atoms with Crippen LogP contribution in [0.15, 0.2) is 77.6 Å². The molecule has 0 aliphatic rings. The summed E-state index contributed by atoms with van der Waals surface area (Å²) in [4.78, 5) is 20.8. The number of nitrogens with one attached hydrogen (secondary N) is 1. The Morgan fingerprint density at radius 1 is 1.06 bits per heavy atom. The highest BCUT2D eigenvalue weighted by molar-refractivity contribution is 5.90. The van der Waals surface area contributed by atoms with Gasteiger partial charge in [-0.05, 0) is 48.9 Å². The highest BCUT2D eigenvalue weighted by Gasteiger charge is 2.10. The molecule has 2 aromatic carbocycles. The summed E-state index contributed by atoms with van der Waals surface area (Å²) in [6.07, 6.45) is 4.92. The molecule has 0 atom stereocenters. The molecule has 2 heterocycles. The quantitative estimate of drug-likeness (QED) is 0.379. The Balaban J connectivity index is 1.23. The lowest BCUT2D eigenvalue weighted by Crippen LogP contribution is -2.11. The number of rotatable bonds is 10. The van der Waals surface area contributed by atoms with Gasteiger partial charge in [0.05, 0.1) is 7.11 Å². The molecule has 0 bridgehead atoms. The van der Waals surface area contributed by atoms with Crippen molar-refractivity contribution >= 4 is 11.6 Å². The van der Waals surface area contributed by atoms with Crippen LogP contribution in [-0.4, -0.2) is 28.1 Å². The highest BCUT2D eigenvalue weighted by atomic mass is 16.5. The van der Waals surface area contributed by atoms with Crippen molar-refractivity contribution in [3.05, 3.63) is 84.5 Å². The maximum absolute atomic E-state index is 12.3. The summed E-state index contributed by atoms with van der Waals surface area (Å²) in [5, 5.41) is 6.91. The van der Waals surface area contributed by atoms with Crippen molar-refractivity contribution in [3.63, 3.8) is 0 Å². The molecule has 8 heteroatoms. The maximum Gasteiger partial charge on any atom is 0.226 e. The summed E-state index contributed by atoms with van der Waals surface area (Å²) in [5.41, 5.74) is 2.50. The van der Waals surface area contributed by atoms with Gasteiger partial charge < -0.3 is 19.3 Å². The molecule has 0 unspecified atom stereocenters. The number of aryl methyl sites for hydroxylation is 1. The molecule has 0 saturated carbocycles. The van der Waals surface area contributed by atoms with E-state index < -0.39 is 0 Å². The average Bonchev–Trinajstić information content (AvgIpc) is 3.32. The molecule has 1 N–H and O–H groups in total. The van der Waals surface area contributed by atoms with E-state index in [1.807, 2.05) is 54.6 Å².